The van der Waals surface area contributed by atoms with Gasteiger partial charge in [-0.3, -0.25) is 0 Å². The molecular weight excluding hydrogens is 300 g/mol. The molecule has 0 saturated carbocycles. The second-order valence-electron chi connectivity index (χ2n) is 4.40. The van der Waals surface area contributed by atoms with E-state index < -0.39 is 24.5 Å². The van der Waals surface area contributed by atoms with Gasteiger partial charge in [-0.2, -0.15) is 0 Å². The van der Waals surface area contributed by atoms with Crippen molar-refractivity contribution in [1.82, 2.24) is 19.9 Å². The zero-order valence-electron chi connectivity index (χ0n) is 10.8. The Balaban J connectivity index is 0.000000155. The van der Waals surface area contributed by atoms with Crippen LogP contribution in [-0.4, -0.2) is 66.4 Å². The van der Waals surface area contributed by atoms with Crippen LogP contribution in [0.15, 0.2) is 6.33 Å². The number of fused-ring (bicyclic) bond motifs is 1. The van der Waals surface area contributed by atoms with E-state index in [-0.39, 0.29) is 12.6 Å². The Morgan fingerprint density at radius 2 is 2.19 bits per heavy atom. The summed E-state index contributed by atoms with van der Waals surface area (Å²) in [5.74, 6) is 0.287. The molecule has 2 aromatic rings. The standard InChI is InChI=1S/C5H5N5S.C5H11NO4/c6-5-9-3-2(4(11)10-5)7-1-8-3;6-5(9)4-3(8)2(7)1-10-4/h1H,(H4,6,7,8,9,10,11);2-5,7-9H,1,6H2/t;2-,3-,4-,5?/m.0/s1. The average molecular weight is 316 g/mol. The van der Waals surface area contributed by atoms with E-state index in [4.69, 9.17) is 43.7 Å². The van der Waals surface area contributed by atoms with Crippen LogP contribution in [0.2, 0.25) is 0 Å². The van der Waals surface area contributed by atoms with Gasteiger partial charge < -0.3 is 41.5 Å². The van der Waals surface area contributed by atoms with Crippen molar-refractivity contribution in [3.8, 4) is 0 Å². The Morgan fingerprint density at radius 3 is 2.71 bits per heavy atom. The highest BCUT2D eigenvalue weighted by Gasteiger charge is 2.37. The predicted molar refractivity (Wildman–Crippen MR) is 75.4 cm³/mol. The third-order valence-corrected chi connectivity index (χ3v) is 3.14. The number of hydrogen-bond acceptors (Lipinski definition) is 9. The largest absolute Gasteiger partial charge is 0.388 e. The van der Waals surface area contributed by atoms with Gasteiger partial charge in [0, 0.05) is 0 Å². The molecule has 1 aliphatic rings. The Hall–Kier alpha value is -1.63. The number of nitrogens with zero attached hydrogens (tertiary/aromatic N) is 2. The maximum atomic E-state index is 9.01. The van der Waals surface area contributed by atoms with Gasteiger partial charge in [-0.25, -0.2) is 9.97 Å². The first-order chi connectivity index (χ1) is 9.90. The number of anilines is 1. The molecule has 1 saturated heterocycles. The summed E-state index contributed by atoms with van der Waals surface area (Å²) in [5, 5.41) is 26.6. The minimum absolute atomic E-state index is 0.0279. The molecule has 0 amide bonds. The summed E-state index contributed by atoms with van der Waals surface area (Å²) in [5.41, 5.74) is 11.8. The van der Waals surface area contributed by atoms with Crippen LogP contribution in [0.1, 0.15) is 0 Å². The number of ether oxygens (including phenoxy) is 1. The van der Waals surface area contributed by atoms with Crippen molar-refractivity contribution >= 4 is 29.3 Å². The molecule has 11 heteroatoms. The molecule has 0 bridgehead atoms. The van der Waals surface area contributed by atoms with Crippen molar-refractivity contribution in [1.29, 1.82) is 0 Å². The van der Waals surface area contributed by atoms with Crippen LogP contribution in [0, 0.1) is 4.64 Å². The average Bonchev–Trinajstić information content (AvgIpc) is 2.98. The second kappa shape index (κ2) is 6.43. The van der Waals surface area contributed by atoms with Gasteiger partial charge in [0.1, 0.15) is 30.1 Å². The van der Waals surface area contributed by atoms with Gasteiger partial charge in [0.15, 0.2) is 10.3 Å². The third-order valence-electron chi connectivity index (χ3n) is 2.85. The van der Waals surface area contributed by atoms with E-state index in [1.807, 2.05) is 0 Å². The fraction of sp³-hybridized carbons (Fsp3) is 0.500. The fourth-order valence-corrected chi connectivity index (χ4v) is 2.05. The second-order valence-corrected chi connectivity index (χ2v) is 4.79. The monoisotopic (exact) mass is 316 g/mol. The van der Waals surface area contributed by atoms with Crippen LogP contribution < -0.4 is 11.5 Å². The van der Waals surface area contributed by atoms with Crippen LogP contribution in [0.25, 0.3) is 11.2 Å². The van der Waals surface area contributed by atoms with E-state index in [9.17, 15) is 0 Å². The van der Waals surface area contributed by atoms with Crippen molar-refractivity contribution in [3.63, 3.8) is 0 Å². The predicted octanol–water partition coefficient (Wildman–Crippen LogP) is -2.02. The number of rotatable bonds is 1. The summed E-state index contributed by atoms with van der Waals surface area (Å²) in [6.07, 6.45) is -2.54. The molecule has 0 aliphatic carbocycles. The number of aliphatic hydroxyl groups is 3. The van der Waals surface area contributed by atoms with Crippen molar-refractivity contribution in [2.75, 3.05) is 12.3 Å². The normalized spacial score (nSPS) is 26.4. The number of hydrogen-bond donors (Lipinski definition) is 7. The van der Waals surface area contributed by atoms with Crippen molar-refractivity contribution in [2.24, 2.45) is 5.73 Å². The van der Waals surface area contributed by atoms with E-state index in [0.29, 0.717) is 15.8 Å². The number of nitrogen functional groups attached to an aromatic ring is 1. The topological polar surface area (TPSA) is 179 Å². The smallest absolute Gasteiger partial charge is 0.200 e. The van der Waals surface area contributed by atoms with Gasteiger partial charge in [-0.15, -0.1) is 0 Å². The highest BCUT2D eigenvalue weighted by atomic mass is 32.1. The summed E-state index contributed by atoms with van der Waals surface area (Å²) < 4.78 is 5.20. The zero-order valence-corrected chi connectivity index (χ0v) is 11.6. The Kier molecular flexibility index (Phi) is 4.82. The lowest BCUT2D eigenvalue weighted by Gasteiger charge is -2.16. The number of aromatic amines is 2. The van der Waals surface area contributed by atoms with Crippen LogP contribution in [0.3, 0.4) is 0 Å². The molecule has 3 rings (SSSR count). The van der Waals surface area contributed by atoms with Crippen LogP contribution in [0.5, 0.6) is 0 Å². The first-order valence-corrected chi connectivity index (χ1v) is 6.41. The fourth-order valence-electron chi connectivity index (χ4n) is 1.79. The number of nitrogens with one attached hydrogen (secondary N) is 2. The first kappa shape index (κ1) is 15.8. The van der Waals surface area contributed by atoms with Gasteiger partial charge in [-0.1, -0.05) is 12.2 Å². The van der Waals surface area contributed by atoms with Crippen LogP contribution in [0.4, 0.5) is 5.95 Å². The molecule has 1 fully saturated rings. The Bertz CT molecular complexity index is 658. The molecule has 1 aliphatic heterocycles. The number of aliphatic hydroxyl groups excluding tert-OH is 3. The number of H-pyrrole nitrogens is 2. The number of imidazole rings is 1. The maximum Gasteiger partial charge on any atom is 0.200 e. The Morgan fingerprint density at radius 1 is 1.48 bits per heavy atom. The summed E-state index contributed by atoms with van der Waals surface area (Å²) in [7, 11) is 0. The molecule has 9 N–H and O–H groups in total. The Labute approximate surface area is 123 Å². The summed E-state index contributed by atoms with van der Waals surface area (Å²) in [6.45, 7) is 0.0279. The van der Waals surface area contributed by atoms with Gasteiger partial charge in [0.25, 0.3) is 0 Å². The SMILES string of the molecule is NC(O)[C@H]1OC[C@H](O)[C@@H]1O.Nc1nc(=S)c2[nH]cnc2[nH]1. The molecule has 116 valence electrons. The molecule has 0 spiro atoms. The minimum atomic E-state index is -1.23. The minimum Gasteiger partial charge on any atom is -0.388 e. The third kappa shape index (κ3) is 3.53. The van der Waals surface area contributed by atoms with Crippen LogP contribution in [-0.2, 0) is 4.74 Å². The quantitative estimate of drug-likeness (QED) is 0.231. The van der Waals surface area contributed by atoms with E-state index in [2.05, 4.69) is 19.9 Å². The number of nitrogens with two attached hydrogens (primary N) is 2. The first-order valence-electron chi connectivity index (χ1n) is 6.00. The molecule has 3 heterocycles. The molecule has 2 aromatic heterocycles. The molecule has 4 atom stereocenters. The van der Waals surface area contributed by atoms with Crippen LogP contribution >= 0.6 is 12.2 Å². The lowest BCUT2D eigenvalue weighted by atomic mass is 10.1. The molecule has 1 unspecified atom stereocenters. The van der Waals surface area contributed by atoms with Gasteiger partial charge in [0.05, 0.1) is 12.9 Å². The maximum absolute atomic E-state index is 9.01. The molecule has 0 radical (unpaired) electrons. The van der Waals surface area contributed by atoms with Crippen molar-refractivity contribution in [3.05, 3.63) is 11.0 Å². The highest BCUT2D eigenvalue weighted by Crippen LogP contribution is 2.15. The zero-order chi connectivity index (χ0) is 15.6. The summed E-state index contributed by atoms with van der Waals surface area (Å²) in [4.78, 5) is 13.4. The van der Waals surface area contributed by atoms with E-state index in [0.717, 1.165) is 0 Å². The van der Waals surface area contributed by atoms with E-state index >= 15 is 0 Å². The summed E-state index contributed by atoms with van der Waals surface area (Å²) >= 11 is 4.91. The molecule has 0 aromatic carbocycles. The lowest BCUT2D eigenvalue weighted by molar-refractivity contribution is -0.0477. The van der Waals surface area contributed by atoms with Gasteiger partial charge in [0.2, 0.25) is 5.95 Å². The lowest BCUT2D eigenvalue weighted by Crippen LogP contribution is -2.43. The van der Waals surface area contributed by atoms with Gasteiger partial charge in [-0.05, 0) is 0 Å². The number of aromatic nitrogens is 4. The van der Waals surface area contributed by atoms with E-state index in [1.165, 1.54) is 6.33 Å². The summed E-state index contributed by atoms with van der Waals surface area (Å²) in [6, 6.07) is 0. The molecule has 21 heavy (non-hydrogen) atoms. The van der Waals surface area contributed by atoms with Gasteiger partial charge >= 0.3 is 0 Å². The van der Waals surface area contributed by atoms with E-state index in [1.54, 1.807) is 0 Å². The molecule has 10 nitrogen and oxygen atoms in total. The molecular formula is C10H16N6O4S. The van der Waals surface area contributed by atoms with Crippen molar-refractivity contribution < 1.29 is 20.1 Å². The highest BCUT2D eigenvalue weighted by molar-refractivity contribution is 7.71. The van der Waals surface area contributed by atoms with Crippen molar-refractivity contribution in [2.45, 2.75) is 24.5 Å².